The number of piperidine rings is 1. The number of nitrogens with zero attached hydrogens (tertiary/aromatic N) is 2. The van der Waals surface area contributed by atoms with Crippen LogP contribution >= 0.6 is 0 Å². The molecule has 1 aliphatic rings. The van der Waals surface area contributed by atoms with E-state index in [2.05, 4.69) is 25.8 Å². The summed E-state index contributed by atoms with van der Waals surface area (Å²) < 4.78 is 0. The van der Waals surface area contributed by atoms with Gasteiger partial charge in [0.2, 0.25) is 5.91 Å². The second-order valence-corrected chi connectivity index (χ2v) is 7.01. The number of aliphatic hydroxyl groups excluding tert-OH is 1. The summed E-state index contributed by atoms with van der Waals surface area (Å²) in [6.45, 7) is 7.37. The first kappa shape index (κ1) is 21.2. The van der Waals surface area contributed by atoms with Crippen LogP contribution in [0.2, 0.25) is 0 Å². The third kappa shape index (κ3) is 7.19. The van der Waals surface area contributed by atoms with Gasteiger partial charge in [-0.25, -0.2) is 0 Å². The first-order valence-corrected chi connectivity index (χ1v) is 9.74. The van der Waals surface area contributed by atoms with Gasteiger partial charge < -0.3 is 21.1 Å². The quantitative estimate of drug-likeness (QED) is 0.418. The van der Waals surface area contributed by atoms with Crippen molar-refractivity contribution in [1.29, 1.82) is 0 Å². The zero-order valence-electron chi connectivity index (χ0n) is 16.7. The molecule has 27 heavy (non-hydrogen) atoms. The van der Waals surface area contributed by atoms with E-state index in [-0.39, 0.29) is 5.91 Å². The Morgan fingerprint density at radius 3 is 2.56 bits per heavy atom. The Morgan fingerprint density at radius 1 is 1.30 bits per heavy atom. The fourth-order valence-electron chi connectivity index (χ4n) is 3.10. The molecule has 1 unspecified atom stereocenters. The lowest BCUT2D eigenvalue weighted by molar-refractivity contribution is -0.122. The van der Waals surface area contributed by atoms with Crippen molar-refractivity contribution in [3.8, 4) is 0 Å². The number of aliphatic hydroxyl groups is 1. The van der Waals surface area contributed by atoms with Crippen molar-refractivity contribution in [1.82, 2.24) is 20.9 Å². The number of benzene rings is 1. The van der Waals surface area contributed by atoms with E-state index in [9.17, 15) is 9.90 Å². The van der Waals surface area contributed by atoms with Crippen LogP contribution in [0.1, 0.15) is 37.0 Å². The standard InChI is InChI=1S/C20H33N5O2/c1-4-22-20(23-13-18(26)16-7-5-15(2)6-8-16)24-17-9-11-25(12-10-17)14-19(27)21-3/h5-8,17-18,26H,4,9-14H2,1-3H3,(H,21,27)(H2,22,23,24). The van der Waals surface area contributed by atoms with Gasteiger partial charge in [0.15, 0.2) is 5.96 Å². The second kappa shape index (κ2) is 10.9. The predicted octanol–water partition coefficient (Wildman–Crippen LogP) is 0.794. The molecule has 0 radical (unpaired) electrons. The fraction of sp³-hybridized carbons (Fsp3) is 0.600. The molecule has 1 aromatic rings. The summed E-state index contributed by atoms with van der Waals surface area (Å²) in [5.74, 6) is 0.787. The van der Waals surface area contributed by atoms with Gasteiger partial charge in [-0.15, -0.1) is 0 Å². The number of aryl methyl sites for hydroxylation is 1. The maximum absolute atomic E-state index is 11.5. The maximum atomic E-state index is 11.5. The normalized spacial score (nSPS) is 17.4. The van der Waals surface area contributed by atoms with Crippen molar-refractivity contribution in [2.75, 3.05) is 39.8 Å². The number of carbonyl (C=O) groups is 1. The SMILES string of the molecule is CCNC(=NCC(O)c1ccc(C)cc1)NC1CCN(CC(=O)NC)CC1. The summed E-state index contributed by atoms with van der Waals surface area (Å²) in [6.07, 6.45) is 1.31. The number of hydrogen-bond acceptors (Lipinski definition) is 4. The second-order valence-electron chi connectivity index (χ2n) is 7.01. The molecule has 0 aromatic heterocycles. The number of amides is 1. The van der Waals surface area contributed by atoms with Crippen LogP contribution in [0.25, 0.3) is 0 Å². The molecule has 1 saturated heterocycles. The molecule has 150 valence electrons. The van der Waals surface area contributed by atoms with Gasteiger partial charge in [-0.2, -0.15) is 0 Å². The number of nitrogens with one attached hydrogen (secondary N) is 3. The van der Waals surface area contributed by atoms with Crippen molar-refractivity contribution in [3.05, 3.63) is 35.4 Å². The van der Waals surface area contributed by atoms with Gasteiger partial charge >= 0.3 is 0 Å². The molecule has 1 fully saturated rings. The molecule has 4 N–H and O–H groups in total. The van der Waals surface area contributed by atoms with Crippen molar-refractivity contribution >= 4 is 11.9 Å². The summed E-state index contributed by atoms with van der Waals surface area (Å²) in [5.41, 5.74) is 2.05. The molecule has 7 heteroatoms. The van der Waals surface area contributed by atoms with Crippen molar-refractivity contribution in [3.63, 3.8) is 0 Å². The number of likely N-dealkylation sites (tertiary alicyclic amines) is 1. The van der Waals surface area contributed by atoms with E-state index in [1.54, 1.807) is 7.05 Å². The largest absolute Gasteiger partial charge is 0.386 e. The minimum Gasteiger partial charge on any atom is -0.386 e. The Morgan fingerprint density at radius 2 is 1.96 bits per heavy atom. The molecule has 2 rings (SSSR count). The van der Waals surface area contributed by atoms with E-state index in [0.29, 0.717) is 19.1 Å². The number of hydrogen-bond donors (Lipinski definition) is 4. The Labute approximate surface area is 162 Å². The van der Waals surface area contributed by atoms with Crippen LogP contribution in [0, 0.1) is 6.92 Å². The van der Waals surface area contributed by atoms with Crippen LogP contribution in [0.3, 0.4) is 0 Å². The Kier molecular flexibility index (Phi) is 8.54. The third-order valence-corrected chi connectivity index (χ3v) is 4.80. The molecule has 1 heterocycles. The fourth-order valence-corrected chi connectivity index (χ4v) is 3.10. The molecular formula is C20H33N5O2. The summed E-state index contributed by atoms with van der Waals surface area (Å²) in [7, 11) is 1.67. The molecule has 0 aliphatic carbocycles. The molecule has 1 atom stereocenters. The van der Waals surface area contributed by atoms with Crippen molar-refractivity contribution < 1.29 is 9.90 Å². The average Bonchev–Trinajstić information content (AvgIpc) is 2.68. The molecule has 7 nitrogen and oxygen atoms in total. The van der Waals surface area contributed by atoms with E-state index >= 15 is 0 Å². The summed E-state index contributed by atoms with van der Waals surface area (Å²) in [5, 5.41) is 19.7. The summed E-state index contributed by atoms with van der Waals surface area (Å²) in [6, 6.07) is 8.20. The van der Waals surface area contributed by atoms with Crippen molar-refractivity contribution in [2.45, 2.75) is 38.8 Å². The smallest absolute Gasteiger partial charge is 0.233 e. The zero-order valence-corrected chi connectivity index (χ0v) is 16.7. The monoisotopic (exact) mass is 375 g/mol. The first-order chi connectivity index (χ1) is 13.0. The Hall–Kier alpha value is -2.12. The van der Waals surface area contributed by atoms with E-state index < -0.39 is 6.10 Å². The molecule has 1 aromatic carbocycles. The number of carbonyl (C=O) groups excluding carboxylic acids is 1. The summed E-state index contributed by atoms with van der Waals surface area (Å²) in [4.78, 5) is 18.2. The molecule has 0 spiro atoms. The molecule has 0 bridgehead atoms. The van der Waals surface area contributed by atoms with Gasteiger partial charge in [-0.3, -0.25) is 14.7 Å². The van der Waals surface area contributed by atoms with Crippen molar-refractivity contribution in [2.24, 2.45) is 4.99 Å². The van der Waals surface area contributed by atoms with Crippen LogP contribution in [-0.2, 0) is 4.79 Å². The van der Waals surface area contributed by atoms with E-state index in [1.807, 2.05) is 38.1 Å². The van der Waals surface area contributed by atoms with Gasteiger partial charge in [0.05, 0.1) is 19.2 Å². The minimum absolute atomic E-state index is 0.0569. The molecule has 1 amide bonds. The highest BCUT2D eigenvalue weighted by molar-refractivity contribution is 5.80. The highest BCUT2D eigenvalue weighted by atomic mass is 16.3. The number of aliphatic imine (C=N–C) groups is 1. The number of guanidine groups is 1. The zero-order chi connectivity index (χ0) is 19.6. The maximum Gasteiger partial charge on any atom is 0.233 e. The predicted molar refractivity (Wildman–Crippen MR) is 109 cm³/mol. The topological polar surface area (TPSA) is 89.0 Å². The first-order valence-electron chi connectivity index (χ1n) is 9.74. The van der Waals surface area contributed by atoms with Gasteiger partial charge in [0.1, 0.15) is 0 Å². The lowest BCUT2D eigenvalue weighted by Gasteiger charge is -2.32. The number of likely N-dealkylation sites (N-methyl/N-ethyl adjacent to an activating group) is 1. The average molecular weight is 376 g/mol. The molecular weight excluding hydrogens is 342 g/mol. The molecule has 1 aliphatic heterocycles. The van der Waals surface area contributed by atoms with E-state index in [4.69, 9.17) is 0 Å². The van der Waals surface area contributed by atoms with Crippen LogP contribution in [-0.4, -0.2) is 67.7 Å². The van der Waals surface area contributed by atoms with Crippen LogP contribution in [0.4, 0.5) is 0 Å². The lowest BCUT2D eigenvalue weighted by Crippen LogP contribution is -2.50. The van der Waals surface area contributed by atoms with Crippen LogP contribution < -0.4 is 16.0 Å². The highest BCUT2D eigenvalue weighted by Gasteiger charge is 2.21. The summed E-state index contributed by atoms with van der Waals surface area (Å²) >= 11 is 0. The van der Waals surface area contributed by atoms with Gasteiger partial charge in [0, 0.05) is 32.7 Å². The third-order valence-electron chi connectivity index (χ3n) is 4.80. The van der Waals surface area contributed by atoms with Crippen LogP contribution in [0.15, 0.2) is 29.3 Å². The van der Waals surface area contributed by atoms with E-state index in [0.717, 1.165) is 44.0 Å². The van der Waals surface area contributed by atoms with Gasteiger partial charge in [0.25, 0.3) is 0 Å². The number of rotatable bonds is 7. The van der Waals surface area contributed by atoms with E-state index in [1.165, 1.54) is 5.56 Å². The van der Waals surface area contributed by atoms with Gasteiger partial charge in [-0.1, -0.05) is 29.8 Å². The highest BCUT2D eigenvalue weighted by Crippen LogP contribution is 2.14. The minimum atomic E-state index is -0.615. The molecule has 0 saturated carbocycles. The van der Waals surface area contributed by atoms with Crippen LogP contribution in [0.5, 0.6) is 0 Å². The Balaban J connectivity index is 1.85. The van der Waals surface area contributed by atoms with Gasteiger partial charge in [-0.05, 0) is 32.3 Å². The lowest BCUT2D eigenvalue weighted by atomic mass is 10.1. The Bertz CT molecular complexity index is 609.